The molecule has 2 rings (SSSR count). The van der Waals surface area contributed by atoms with Gasteiger partial charge in [0.1, 0.15) is 0 Å². The Bertz CT molecular complexity index is 486. The number of hydrogen-bond acceptors (Lipinski definition) is 1. The van der Waals surface area contributed by atoms with Crippen LogP contribution >= 0.6 is 0 Å². The lowest BCUT2D eigenvalue weighted by Gasteiger charge is -2.29. The minimum absolute atomic E-state index is 0. The van der Waals surface area contributed by atoms with Crippen molar-refractivity contribution >= 4 is 0 Å². The van der Waals surface area contributed by atoms with Crippen molar-refractivity contribution in [3.8, 4) is 0 Å². The highest BCUT2D eigenvalue weighted by Crippen LogP contribution is 2.21. The fourth-order valence-corrected chi connectivity index (χ4v) is 2.39. The summed E-state index contributed by atoms with van der Waals surface area (Å²) < 4.78 is 1.04. The molecule has 22 heavy (non-hydrogen) atoms. The van der Waals surface area contributed by atoms with Crippen molar-refractivity contribution in [2.45, 2.75) is 13.0 Å². The Balaban J connectivity index is 0.00000242. The molecule has 0 bridgehead atoms. The second-order valence-electron chi connectivity index (χ2n) is 6.18. The average molecular weight is 410 g/mol. The van der Waals surface area contributed by atoms with Gasteiger partial charge in [0.05, 0.1) is 33.2 Å². The van der Waals surface area contributed by atoms with E-state index in [1.165, 1.54) is 11.1 Å². The van der Waals surface area contributed by atoms with Crippen LogP contribution in [0.15, 0.2) is 60.7 Å². The molecular formula is C19H27IN2. The quantitative estimate of drug-likeness (QED) is 0.517. The Kier molecular flexibility index (Phi) is 8.07. The zero-order valence-corrected chi connectivity index (χ0v) is 16.0. The predicted octanol–water partition coefficient (Wildman–Crippen LogP) is 0.466. The van der Waals surface area contributed by atoms with Gasteiger partial charge in [-0.1, -0.05) is 60.7 Å². The summed E-state index contributed by atoms with van der Waals surface area (Å²) in [5, 5.41) is 3.73. The largest absolute Gasteiger partial charge is 1.00 e. The van der Waals surface area contributed by atoms with Gasteiger partial charge >= 0.3 is 0 Å². The van der Waals surface area contributed by atoms with E-state index in [4.69, 9.17) is 0 Å². The normalized spacial score (nSPS) is 11.3. The first-order chi connectivity index (χ1) is 10.1. The molecule has 2 aromatic carbocycles. The first-order valence-corrected chi connectivity index (χ1v) is 7.77. The van der Waals surface area contributed by atoms with Crippen molar-refractivity contribution < 1.29 is 28.5 Å². The standard InChI is InChI=1S/C19H27N2.HI/c1-4-21(2,3)16-15-20-19(17-11-7-5-8-12-17)18-13-9-6-10-14-18;/h5-14,19-20H,4,15-16H2,1-3H3;1H/q+1;/p-1. The van der Waals surface area contributed by atoms with E-state index in [9.17, 15) is 0 Å². The van der Waals surface area contributed by atoms with Crippen LogP contribution in [0, 0.1) is 0 Å². The maximum absolute atomic E-state index is 3.73. The van der Waals surface area contributed by atoms with Gasteiger partial charge in [-0.05, 0) is 18.1 Å². The molecule has 1 N–H and O–H groups in total. The van der Waals surface area contributed by atoms with Crippen LogP contribution in [0.1, 0.15) is 24.1 Å². The van der Waals surface area contributed by atoms with Gasteiger partial charge in [-0.3, -0.25) is 0 Å². The molecule has 120 valence electrons. The van der Waals surface area contributed by atoms with E-state index in [0.717, 1.165) is 24.1 Å². The molecule has 0 aromatic heterocycles. The monoisotopic (exact) mass is 410 g/mol. The highest BCUT2D eigenvalue weighted by Gasteiger charge is 2.16. The summed E-state index contributed by atoms with van der Waals surface area (Å²) in [5.74, 6) is 0. The Morgan fingerprint density at radius 1 is 0.864 bits per heavy atom. The lowest BCUT2D eigenvalue weighted by atomic mass is 9.99. The third-order valence-corrected chi connectivity index (χ3v) is 4.19. The van der Waals surface area contributed by atoms with Crippen molar-refractivity contribution in [3.05, 3.63) is 71.8 Å². The number of quaternary nitrogens is 1. The topological polar surface area (TPSA) is 12.0 Å². The van der Waals surface area contributed by atoms with E-state index in [-0.39, 0.29) is 30.0 Å². The molecule has 0 aliphatic carbocycles. The van der Waals surface area contributed by atoms with Gasteiger partial charge in [0, 0.05) is 6.54 Å². The van der Waals surface area contributed by atoms with E-state index in [1.54, 1.807) is 0 Å². The molecule has 0 heterocycles. The van der Waals surface area contributed by atoms with Gasteiger partial charge in [0.2, 0.25) is 0 Å². The predicted molar refractivity (Wildman–Crippen MR) is 90.2 cm³/mol. The Hall–Kier alpha value is -0.910. The third kappa shape index (κ3) is 5.71. The summed E-state index contributed by atoms with van der Waals surface area (Å²) in [4.78, 5) is 0. The van der Waals surface area contributed by atoms with E-state index < -0.39 is 0 Å². The van der Waals surface area contributed by atoms with E-state index in [0.29, 0.717) is 0 Å². The molecule has 0 radical (unpaired) electrons. The van der Waals surface area contributed by atoms with Crippen LogP contribution in [0.2, 0.25) is 0 Å². The van der Waals surface area contributed by atoms with Crippen LogP contribution in [-0.2, 0) is 0 Å². The summed E-state index contributed by atoms with van der Waals surface area (Å²) >= 11 is 0. The first kappa shape index (κ1) is 19.1. The van der Waals surface area contributed by atoms with Crippen LogP contribution in [0.3, 0.4) is 0 Å². The molecule has 0 unspecified atom stereocenters. The molecule has 0 fully saturated rings. The molecule has 3 heteroatoms. The zero-order chi connectivity index (χ0) is 15.1. The first-order valence-electron chi connectivity index (χ1n) is 7.77. The van der Waals surface area contributed by atoms with Gasteiger partial charge in [-0.25, -0.2) is 0 Å². The van der Waals surface area contributed by atoms with Crippen molar-refractivity contribution in [1.29, 1.82) is 0 Å². The molecule has 0 aliphatic rings. The second-order valence-corrected chi connectivity index (χ2v) is 6.18. The van der Waals surface area contributed by atoms with Crippen molar-refractivity contribution in [3.63, 3.8) is 0 Å². The maximum Gasteiger partial charge on any atom is 0.0909 e. The zero-order valence-electron chi connectivity index (χ0n) is 13.8. The number of hydrogen-bond donors (Lipinski definition) is 1. The van der Waals surface area contributed by atoms with Crippen LogP contribution in [0.25, 0.3) is 0 Å². The number of nitrogens with zero attached hydrogens (tertiary/aromatic N) is 1. The molecule has 2 aromatic rings. The fourth-order valence-electron chi connectivity index (χ4n) is 2.39. The molecule has 0 amide bonds. The number of likely N-dealkylation sites (N-methyl/N-ethyl adjacent to an activating group) is 1. The number of halogens is 1. The fraction of sp³-hybridized carbons (Fsp3) is 0.368. The summed E-state index contributed by atoms with van der Waals surface area (Å²) in [5.41, 5.74) is 2.65. The maximum atomic E-state index is 3.73. The van der Waals surface area contributed by atoms with Gasteiger partial charge in [0.25, 0.3) is 0 Å². The summed E-state index contributed by atoms with van der Waals surface area (Å²) in [6, 6.07) is 21.6. The second kappa shape index (κ2) is 9.28. The van der Waals surface area contributed by atoms with Crippen LogP contribution in [0.4, 0.5) is 0 Å². The van der Waals surface area contributed by atoms with E-state index in [1.807, 2.05) is 0 Å². The third-order valence-electron chi connectivity index (χ3n) is 4.19. The van der Waals surface area contributed by atoms with Crippen molar-refractivity contribution in [2.24, 2.45) is 0 Å². The lowest BCUT2D eigenvalue weighted by molar-refractivity contribution is -0.887. The van der Waals surface area contributed by atoms with Gasteiger partial charge < -0.3 is 33.8 Å². The van der Waals surface area contributed by atoms with Crippen LogP contribution < -0.4 is 29.3 Å². The summed E-state index contributed by atoms with van der Waals surface area (Å²) in [7, 11) is 4.56. The average Bonchev–Trinajstić information content (AvgIpc) is 2.53. The Morgan fingerprint density at radius 2 is 1.32 bits per heavy atom. The lowest BCUT2D eigenvalue weighted by Crippen LogP contribution is -3.00. The Morgan fingerprint density at radius 3 is 1.73 bits per heavy atom. The van der Waals surface area contributed by atoms with Gasteiger partial charge in [-0.15, -0.1) is 0 Å². The van der Waals surface area contributed by atoms with Crippen molar-refractivity contribution in [2.75, 3.05) is 33.7 Å². The van der Waals surface area contributed by atoms with Crippen LogP contribution in [-0.4, -0.2) is 38.2 Å². The SMILES string of the molecule is CC[N+](C)(C)CCNC(c1ccccc1)c1ccccc1.[I-]. The smallest absolute Gasteiger partial charge is 0.0909 e. The van der Waals surface area contributed by atoms with E-state index in [2.05, 4.69) is 87.0 Å². The van der Waals surface area contributed by atoms with E-state index >= 15 is 0 Å². The summed E-state index contributed by atoms with van der Waals surface area (Å²) in [6.07, 6.45) is 0. The summed E-state index contributed by atoms with van der Waals surface area (Å²) in [6.45, 7) is 5.54. The highest BCUT2D eigenvalue weighted by atomic mass is 127. The number of benzene rings is 2. The molecular weight excluding hydrogens is 383 g/mol. The molecule has 0 saturated heterocycles. The molecule has 2 nitrogen and oxygen atoms in total. The minimum Gasteiger partial charge on any atom is -1.00 e. The Labute approximate surface area is 152 Å². The van der Waals surface area contributed by atoms with Gasteiger partial charge in [0.15, 0.2) is 0 Å². The molecule has 0 aliphatic heterocycles. The number of nitrogens with one attached hydrogen (secondary N) is 1. The van der Waals surface area contributed by atoms with Gasteiger partial charge in [-0.2, -0.15) is 0 Å². The number of rotatable bonds is 7. The van der Waals surface area contributed by atoms with Crippen LogP contribution in [0.5, 0.6) is 0 Å². The minimum atomic E-state index is 0. The molecule has 0 atom stereocenters. The highest BCUT2D eigenvalue weighted by molar-refractivity contribution is 5.31. The molecule has 0 saturated carbocycles. The van der Waals surface area contributed by atoms with Crippen molar-refractivity contribution in [1.82, 2.24) is 5.32 Å². The molecule has 0 spiro atoms.